The number of carbonyl (C=O) groups excluding carboxylic acids is 1. The molecule has 34 heavy (non-hydrogen) atoms. The molecule has 1 heterocycles. The first kappa shape index (κ1) is 23.0. The van der Waals surface area contributed by atoms with E-state index in [0.29, 0.717) is 12.2 Å². The molecule has 0 aliphatic carbocycles. The summed E-state index contributed by atoms with van der Waals surface area (Å²) in [6, 6.07) is 25.2. The molecular weight excluding hydrogens is 450 g/mol. The fourth-order valence-electron chi connectivity index (χ4n) is 3.51. The Hall–Kier alpha value is -4.17. The summed E-state index contributed by atoms with van der Waals surface area (Å²) in [5, 5.41) is 2.68. The Morgan fingerprint density at radius 1 is 0.853 bits per heavy atom. The van der Waals surface area contributed by atoms with Crippen molar-refractivity contribution in [2.45, 2.75) is 18.4 Å². The van der Waals surface area contributed by atoms with Gasteiger partial charge in [0.1, 0.15) is 5.56 Å². The van der Waals surface area contributed by atoms with Gasteiger partial charge in [-0.25, -0.2) is 8.42 Å². The quantitative estimate of drug-likeness (QED) is 0.419. The molecule has 3 aromatic carbocycles. The average molecular weight is 474 g/mol. The van der Waals surface area contributed by atoms with Crippen molar-refractivity contribution in [1.82, 2.24) is 4.57 Å². The molecule has 4 aromatic rings. The highest BCUT2D eigenvalue weighted by molar-refractivity contribution is 7.92. The van der Waals surface area contributed by atoms with Gasteiger partial charge < -0.3 is 9.88 Å². The number of nitrogens with one attached hydrogen (secondary N) is 2. The van der Waals surface area contributed by atoms with Crippen LogP contribution in [0.4, 0.5) is 11.4 Å². The Balaban J connectivity index is 1.52. The highest BCUT2D eigenvalue weighted by Gasteiger charge is 2.15. The number of hydrogen-bond donors (Lipinski definition) is 2. The highest BCUT2D eigenvalue weighted by Crippen LogP contribution is 2.20. The minimum absolute atomic E-state index is 0.00887. The molecule has 0 unspecified atom stereocenters. The van der Waals surface area contributed by atoms with Crippen LogP contribution in [0.15, 0.2) is 107 Å². The van der Waals surface area contributed by atoms with Gasteiger partial charge in [-0.3, -0.25) is 14.3 Å². The lowest BCUT2D eigenvalue weighted by Gasteiger charge is -2.11. The second-order valence-corrected chi connectivity index (χ2v) is 9.48. The van der Waals surface area contributed by atoms with Gasteiger partial charge in [-0.2, -0.15) is 0 Å². The Morgan fingerprint density at radius 3 is 2.35 bits per heavy atom. The van der Waals surface area contributed by atoms with Crippen LogP contribution in [0, 0.1) is 6.92 Å². The first-order valence-electron chi connectivity index (χ1n) is 10.6. The van der Waals surface area contributed by atoms with E-state index in [1.165, 1.54) is 28.8 Å². The number of aryl methyl sites for hydroxylation is 1. The van der Waals surface area contributed by atoms with Crippen molar-refractivity contribution in [2.24, 2.45) is 0 Å². The molecule has 172 valence electrons. The largest absolute Gasteiger partial charge is 0.322 e. The lowest BCUT2D eigenvalue weighted by molar-refractivity contribution is 0.102. The summed E-state index contributed by atoms with van der Waals surface area (Å²) in [6.07, 6.45) is 1.64. The first-order chi connectivity index (χ1) is 16.3. The van der Waals surface area contributed by atoms with E-state index in [1.807, 2.05) is 31.2 Å². The summed E-state index contributed by atoms with van der Waals surface area (Å²) in [5.41, 5.74) is 2.26. The molecule has 0 aliphatic rings. The van der Waals surface area contributed by atoms with E-state index in [-0.39, 0.29) is 16.1 Å². The number of rotatable bonds is 7. The summed E-state index contributed by atoms with van der Waals surface area (Å²) in [7, 11) is -3.77. The Bertz CT molecular complexity index is 1500. The second kappa shape index (κ2) is 9.76. The van der Waals surface area contributed by atoms with Crippen molar-refractivity contribution in [3.05, 3.63) is 124 Å². The lowest BCUT2D eigenvalue weighted by atomic mass is 10.1. The Kier molecular flexibility index (Phi) is 6.60. The molecule has 1 aromatic heterocycles. The minimum atomic E-state index is -3.77. The number of hydrogen-bond acceptors (Lipinski definition) is 4. The van der Waals surface area contributed by atoms with Gasteiger partial charge in [0.2, 0.25) is 0 Å². The smallest absolute Gasteiger partial charge is 0.263 e. The van der Waals surface area contributed by atoms with Crippen LogP contribution < -0.4 is 15.6 Å². The Labute approximate surface area is 197 Å². The summed E-state index contributed by atoms with van der Waals surface area (Å²) in [5.74, 6) is -0.577. The summed E-state index contributed by atoms with van der Waals surface area (Å²) < 4.78 is 29.1. The topological polar surface area (TPSA) is 97.3 Å². The van der Waals surface area contributed by atoms with Crippen molar-refractivity contribution in [1.29, 1.82) is 0 Å². The molecule has 0 fully saturated rings. The number of amides is 1. The summed E-state index contributed by atoms with van der Waals surface area (Å²) in [4.78, 5) is 25.9. The molecule has 0 radical (unpaired) electrons. The lowest BCUT2D eigenvalue weighted by Crippen LogP contribution is -2.29. The zero-order valence-electron chi connectivity index (χ0n) is 18.4. The molecule has 0 saturated carbocycles. The van der Waals surface area contributed by atoms with E-state index in [1.54, 1.807) is 48.7 Å². The van der Waals surface area contributed by atoms with Crippen molar-refractivity contribution in [3.63, 3.8) is 0 Å². The number of pyridine rings is 1. The summed E-state index contributed by atoms with van der Waals surface area (Å²) >= 11 is 0. The molecule has 0 atom stereocenters. The molecule has 0 spiro atoms. The van der Waals surface area contributed by atoms with E-state index < -0.39 is 21.5 Å². The molecule has 7 nitrogen and oxygen atoms in total. The molecule has 0 bridgehead atoms. The van der Waals surface area contributed by atoms with Gasteiger partial charge in [0, 0.05) is 11.9 Å². The average Bonchev–Trinajstić information content (AvgIpc) is 2.81. The first-order valence-corrected chi connectivity index (χ1v) is 12.0. The minimum Gasteiger partial charge on any atom is -0.322 e. The number of aromatic nitrogens is 1. The van der Waals surface area contributed by atoms with Crippen molar-refractivity contribution in [3.8, 4) is 0 Å². The van der Waals surface area contributed by atoms with Gasteiger partial charge in [-0.1, -0.05) is 54.1 Å². The van der Waals surface area contributed by atoms with Crippen LogP contribution >= 0.6 is 0 Å². The van der Waals surface area contributed by atoms with Crippen LogP contribution in [0.5, 0.6) is 0 Å². The van der Waals surface area contributed by atoms with Gasteiger partial charge in [0.15, 0.2) is 0 Å². The van der Waals surface area contributed by atoms with Crippen LogP contribution in [0.25, 0.3) is 0 Å². The van der Waals surface area contributed by atoms with Crippen molar-refractivity contribution >= 4 is 27.3 Å². The molecule has 8 heteroatoms. The van der Waals surface area contributed by atoms with Gasteiger partial charge >= 0.3 is 0 Å². The van der Waals surface area contributed by atoms with Crippen LogP contribution in [-0.2, 0) is 16.6 Å². The van der Waals surface area contributed by atoms with Gasteiger partial charge in [-0.05, 0) is 55.0 Å². The molecule has 0 saturated heterocycles. The van der Waals surface area contributed by atoms with Gasteiger partial charge in [0.05, 0.1) is 17.1 Å². The van der Waals surface area contributed by atoms with E-state index in [9.17, 15) is 18.0 Å². The fourth-order valence-corrected chi connectivity index (χ4v) is 4.58. The third-order valence-electron chi connectivity index (χ3n) is 5.13. The zero-order chi connectivity index (χ0) is 24.1. The molecular formula is C26H23N3O4S. The number of anilines is 2. The number of sulfonamides is 1. The van der Waals surface area contributed by atoms with Crippen molar-refractivity contribution < 1.29 is 13.2 Å². The molecule has 1 amide bonds. The normalized spacial score (nSPS) is 11.1. The van der Waals surface area contributed by atoms with Gasteiger partial charge in [-0.15, -0.1) is 0 Å². The van der Waals surface area contributed by atoms with Crippen molar-refractivity contribution in [2.75, 3.05) is 10.0 Å². The zero-order valence-corrected chi connectivity index (χ0v) is 19.2. The maximum Gasteiger partial charge on any atom is 0.263 e. The van der Waals surface area contributed by atoms with Crippen LogP contribution in [0.3, 0.4) is 0 Å². The van der Waals surface area contributed by atoms with Crippen LogP contribution in [0.1, 0.15) is 21.5 Å². The predicted octanol–water partition coefficient (Wildman–Crippen LogP) is 4.26. The predicted molar refractivity (Wildman–Crippen MR) is 133 cm³/mol. The van der Waals surface area contributed by atoms with E-state index in [0.717, 1.165) is 11.1 Å². The third-order valence-corrected chi connectivity index (χ3v) is 6.52. The Morgan fingerprint density at radius 2 is 1.59 bits per heavy atom. The molecule has 0 aliphatic heterocycles. The van der Waals surface area contributed by atoms with Crippen LogP contribution in [-0.4, -0.2) is 18.9 Å². The number of nitrogens with zero attached hydrogens (tertiary/aromatic N) is 1. The monoisotopic (exact) mass is 473 g/mol. The maximum absolute atomic E-state index is 12.9. The number of benzene rings is 3. The number of carbonyl (C=O) groups is 1. The highest BCUT2D eigenvalue weighted by atomic mass is 32.2. The molecule has 2 N–H and O–H groups in total. The van der Waals surface area contributed by atoms with Gasteiger partial charge in [0.25, 0.3) is 21.5 Å². The van der Waals surface area contributed by atoms with E-state index in [4.69, 9.17) is 0 Å². The fraction of sp³-hybridized carbons (Fsp3) is 0.0769. The standard InChI is InChI=1S/C26H23N3O4S/c1-19-8-5-9-20(16-19)18-29-15-7-14-24(26(29)31)25(30)27-21-10-6-11-22(17-21)28-34(32,33)23-12-3-2-4-13-23/h2-17,28H,18H2,1H3,(H,27,30). The van der Waals surface area contributed by atoms with E-state index >= 15 is 0 Å². The van der Waals surface area contributed by atoms with E-state index in [2.05, 4.69) is 10.0 Å². The summed E-state index contributed by atoms with van der Waals surface area (Å²) in [6.45, 7) is 2.32. The van der Waals surface area contributed by atoms with Crippen LogP contribution in [0.2, 0.25) is 0 Å². The SMILES string of the molecule is Cc1cccc(Cn2cccc(C(=O)Nc3cccc(NS(=O)(=O)c4ccccc4)c3)c2=O)c1. The second-order valence-electron chi connectivity index (χ2n) is 7.80. The third kappa shape index (κ3) is 5.41. The molecule has 4 rings (SSSR count). The maximum atomic E-state index is 12.9.